The monoisotopic (exact) mass is 402 g/mol. The molecule has 2 rings (SSSR count). The smallest absolute Gasteiger partial charge is 0.193 e. The molecule has 3 N–H and O–H groups in total. The van der Waals surface area contributed by atoms with Gasteiger partial charge in [-0.2, -0.15) is 0 Å². The van der Waals surface area contributed by atoms with E-state index in [0.29, 0.717) is 11.9 Å². The minimum atomic E-state index is 0. The topological polar surface area (TPSA) is 53.6 Å². The molecule has 1 unspecified atom stereocenters. The molecule has 0 radical (unpaired) electrons. The molecule has 0 bridgehead atoms. The third-order valence-electron chi connectivity index (χ3n) is 4.12. The molecule has 1 atom stereocenters. The molecular formula is C16H27IN4. The van der Waals surface area contributed by atoms with Crippen molar-refractivity contribution in [3.63, 3.8) is 0 Å². The Labute approximate surface area is 145 Å². The van der Waals surface area contributed by atoms with E-state index in [1.54, 1.807) is 0 Å². The predicted molar refractivity (Wildman–Crippen MR) is 102 cm³/mol. The molecule has 1 heterocycles. The van der Waals surface area contributed by atoms with Gasteiger partial charge in [-0.1, -0.05) is 13.0 Å². The van der Waals surface area contributed by atoms with Crippen LogP contribution in [0.5, 0.6) is 0 Å². The standard InChI is InChI=1S/C16H26N4.HI/c1-4-20-8-7-14(11-20)10-18-16(17)19-15-6-5-12(2)13(3)9-15;/h5-6,9,14H,4,7-8,10-11H2,1-3H3,(H3,17,18,19);1H. The van der Waals surface area contributed by atoms with Crippen molar-refractivity contribution in [2.24, 2.45) is 16.6 Å². The van der Waals surface area contributed by atoms with Gasteiger partial charge >= 0.3 is 0 Å². The average molecular weight is 402 g/mol. The van der Waals surface area contributed by atoms with Crippen LogP contribution in [-0.2, 0) is 0 Å². The molecule has 0 aliphatic carbocycles. The number of halogens is 1. The second-order valence-electron chi connectivity index (χ2n) is 5.70. The number of hydrogen-bond donors (Lipinski definition) is 2. The Kier molecular flexibility index (Phi) is 7.45. The molecular weight excluding hydrogens is 375 g/mol. The van der Waals surface area contributed by atoms with Crippen LogP contribution in [-0.4, -0.2) is 37.0 Å². The highest BCUT2D eigenvalue weighted by Gasteiger charge is 2.20. The molecule has 0 amide bonds. The molecule has 1 fully saturated rings. The molecule has 1 aromatic carbocycles. The van der Waals surface area contributed by atoms with Crippen LogP contribution in [0.15, 0.2) is 23.2 Å². The van der Waals surface area contributed by atoms with Crippen LogP contribution in [0.25, 0.3) is 0 Å². The van der Waals surface area contributed by atoms with E-state index in [1.807, 2.05) is 6.07 Å². The number of nitrogens with one attached hydrogen (secondary N) is 1. The van der Waals surface area contributed by atoms with Crippen molar-refractivity contribution in [2.45, 2.75) is 27.2 Å². The lowest BCUT2D eigenvalue weighted by Crippen LogP contribution is -2.25. The van der Waals surface area contributed by atoms with Crippen LogP contribution < -0.4 is 11.1 Å². The molecule has 1 aliphatic rings. The van der Waals surface area contributed by atoms with Gasteiger partial charge in [-0.25, -0.2) is 0 Å². The van der Waals surface area contributed by atoms with Crippen molar-refractivity contribution in [3.05, 3.63) is 29.3 Å². The number of benzene rings is 1. The maximum atomic E-state index is 5.96. The number of rotatable bonds is 4. The van der Waals surface area contributed by atoms with Crippen LogP contribution in [0.1, 0.15) is 24.5 Å². The van der Waals surface area contributed by atoms with Crippen molar-refractivity contribution < 1.29 is 0 Å². The zero-order valence-electron chi connectivity index (χ0n) is 13.2. The summed E-state index contributed by atoms with van der Waals surface area (Å²) < 4.78 is 0. The Bertz CT molecular complexity index is 487. The third kappa shape index (κ3) is 5.47. The highest BCUT2D eigenvalue weighted by Crippen LogP contribution is 2.16. The maximum absolute atomic E-state index is 5.96. The summed E-state index contributed by atoms with van der Waals surface area (Å²) in [6, 6.07) is 6.24. The molecule has 0 saturated carbocycles. The summed E-state index contributed by atoms with van der Waals surface area (Å²) in [6.45, 7) is 10.7. The highest BCUT2D eigenvalue weighted by molar-refractivity contribution is 14.0. The lowest BCUT2D eigenvalue weighted by atomic mass is 10.1. The first-order valence-electron chi connectivity index (χ1n) is 7.45. The summed E-state index contributed by atoms with van der Waals surface area (Å²) >= 11 is 0. The predicted octanol–water partition coefficient (Wildman–Crippen LogP) is 2.99. The van der Waals surface area contributed by atoms with E-state index in [9.17, 15) is 0 Å². The Morgan fingerprint density at radius 3 is 2.76 bits per heavy atom. The molecule has 5 heteroatoms. The Hall–Kier alpha value is -0.820. The van der Waals surface area contributed by atoms with Crippen molar-refractivity contribution >= 4 is 35.6 Å². The molecule has 0 aromatic heterocycles. The maximum Gasteiger partial charge on any atom is 0.193 e. The Morgan fingerprint density at radius 2 is 2.14 bits per heavy atom. The lowest BCUT2D eigenvalue weighted by molar-refractivity contribution is 0.344. The highest BCUT2D eigenvalue weighted by atomic mass is 127. The van der Waals surface area contributed by atoms with Crippen molar-refractivity contribution in [1.82, 2.24) is 4.90 Å². The molecule has 1 saturated heterocycles. The second-order valence-corrected chi connectivity index (χ2v) is 5.70. The van der Waals surface area contributed by atoms with E-state index in [4.69, 9.17) is 5.73 Å². The van der Waals surface area contributed by atoms with Crippen LogP contribution in [0.4, 0.5) is 5.69 Å². The third-order valence-corrected chi connectivity index (χ3v) is 4.12. The largest absolute Gasteiger partial charge is 0.370 e. The van der Waals surface area contributed by atoms with E-state index in [-0.39, 0.29) is 24.0 Å². The quantitative estimate of drug-likeness (QED) is 0.463. The number of anilines is 1. The second kappa shape index (κ2) is 8.58. The number of aliphatic imine (C=N–C) groups is 1. The van der Waals surface area contributed by atoms with E-state index < -0.39 is 0 Å². The summed E-state index contributed by atoms with van der Waals surface area (Å²) in [5, 5.41) is 3.17. The number of guanidine groups is 1. The van der Waals surface area contributed by atoms with Crippen LogP contribution in [0, 0.1) is 19.8 Å². The number of nitrogens with zero attached hydrogens (tertiary/aromatic N) is 2. The fourth-order valence-corrected chi connectivity index (χ4v) is 2.58. The number of aryl methyl sites for hydroxylation is 2. The number of likely N-dealkylation sites (tertiary alicyclic amines) is 1. The van der Waals surface area contributed by atoms with Gasteiger partial charge in [0.25, 0.3) is 0 Å². The molecule has 21 heavy (non-hydrogen) atoms. The van der Waals surface area contributed by atoms with Crippen molar-refractivity contribution in [2.75, 3.05) is 31.5 Å². The molecule has 1 aromatic rings. The zero-order valence-corrected chi connectivity index (χ0v) is 15.6. The Morgan fingerprint density at radius 1 is 1.38 bits per heavy atom. The minimum absolute atomic E-state index is 0. The normalized spacial score (nSPS) is 19.4. The van der Waals surface area contributed by atoms with Gasteiger partial charge in [-0.05, 0) is 62.5 Å². The zero-order chi connectivity index (χ0) is 14.5. The van der Waals surface area contributed by atoms with Crippen LogP contribution in [0.3, 0.4) is 0 Å². The summed E-state index contributed by atoms with van der Waals surface area (Å²) in [4.78, 5) is 6.94. The van der Waals surface area contributed by atoms with E-state index in [2.05, 4.69) is 48.1 Å². The van der Waals surface area contributed by atoms with Gasteiger partial charge in [0.15, 0.2) is 5.96 Å². The lowest BCUT2D eigenvalue weighted by Gasteiger charge is -2.12. The first-order valence-corrected chi connectivity index (χ1v) is 7.45. The Balaban J connectivity index is 0.00000220. The van der Waals surface area contributed by atoms with Gasteiger partial charge in [-0.15, -0.1) is 24.0 Å². The minimum Gasteiger partial charge on any atom is -0.370 e. The van der Waals surface area contributed by atoms with Gasteiger partial charge in [0, 0.05) is 18.8 Å². The number of hydrogen-bond acceptors (Lipinski definition) is 2. The van der Waals surface area contributed by atoms with Crippen LogP contribution in [0.2, 0.25) is 0 Å². The van der Waals surface area contributed by atoms with Gasteiger partial charge in [-0.3, -0.25) is 4.99 Å². The van der Waals surface area contributed by atoms with E-state index >= 15 is 0 Å². The first kappa shape index (κ1) is 18.2. The SMILES string of the molecule is CCN1CCC(CN=C(N)Nc2ccc(C)c(C)c2)C1.I. The van der Waals surface area contributed by atoms with Gasteiger partial charge in [0.2, 0.25) is 0 Å². The first-order chi connectivity index (χ1) is 9.58. The van der Waals surface area contributed by atoms with E-state index in [1.165, 1.54) is 24.1 Å². The summed E-state index contributed by atoms with van der Waals surface area (Å²) in [5.41, 5.74) is 9.52. The van der Waals surface area contributed by atoms with Crippen LogP contribution >= 0.6 is 24.0 Å². The van der Waals surface area contributed by atoms with E-state index in [0.717, 1.165) is 25.3 Å². The van der Waals surface area contributed by atoms with Gasteiger partial charge < -0.3 is 16.0 Å². The summed E-state index contributed by atoms with van der Waals surface area (Å²) in [5.74, 6) is 1.17. The molecule has 1 aliphatic heterocycles. The fourth-order valence-electron chi connectivity index (χ4n) is 2.58. The van der Waals surface area contributed by atoms with Gasteiger partial charge in [0.05, 0.1) is 0 Å². The average Bonchev–Trinajstić information content (AvgIpc) is 2.89. The summed E-state index contributed by atoms with van der Waals surface area (Å²) in [7, 11) is 0. The molecule has 4 nitrogen and oxygen atoms in total. The fraction of sp³-hybridized carbons (Fsp3) is 0.562. The van der Waals surface area contributed by atoms with Gasteiger partial charge in [0.1, 0.15) is 0 Å². The summed E-state index contributed by atoms with van der Waals surface area (Å²) in [6.07, 6.45) is 1.23. The van der Waals surface area contributed by atoms with Crippen molar-refractivity contribution in [1.29, 1.82) is 0 Å². The van der Waals surface area contributed by atoms with Crippen molar-refractivity contribution in [3.8, 4) is 0 Å². The number of nitrogens with two attached hydrogens (primary N) is 1. The molecule has 118 valence electrons. The molecule has 0 spiro atoms.